The molecule has 4 rings (SSSR count). The van der Waals surface area contributed by atoms with Crippen molar-refractivity contribution in [3.05, 3.63) is 115 Å². The van der Waals surface area contributed by atoms with E-state index in [1.165, 1.54) is 0 Å². The smallest absolute Gasteiger partial charge is 0.0738 e. The van der Waals surface area contributed by atoms with Crippen molar-refractivity contribution in [2.24, 2.45) is 5.10 Å². The van der Waals surface area contributed by atoms with Gasteiger partial charge in [0.25, 0.3) is 0 Å². The van der Waals surface area contributed by atoms with Gasteiger partial charge in [-0.3, -0.25) is 5.43 Å². The molecule has 0 aliphatic carbocycles. The van der Waals surface area contributed by atoms with Gasteiger partial charge in [-0.1, -0.05) is 66.7 Å². The number of anilines is 1. The Morgan fingerprint density at radius 1 is 0.778 bits per heavy atom. The van der Waals surface area contributed by atoms with Crippen LogP contribution in [-0.2, 0) is 6.42 Å². The minimum Gasteiger partial charge on any atom is -0.278 e. The summed E-state index contributed by atoms with van der Waals surface area (Å²) in [4.78, 5) is 0. The molecule has 0 saturated heterocycles. The molecule has 0 fully saturated rings. The Morgan fingerprint density at radius 2 is 1.41 bits per heavy atom. The summed E-state index contributed by atoms with van der Waals surface area (Å²) in [5.41, 5.74) is 8.30. The highest BCUT2D eigenvalue weighted by Gasteiger charge is 2.11. The maximum Gasteiger partial charge on any atom is 0.0738 e. The van der Waals surface area contributed by atoms with Crippen molar-refractivity contribution in [2.45, 2.75) is 6.42 Å². The molecule has 1 aromatic heterocycles. The van der Waals surface area contributed by atoms with Crippen LogP contribution in [0.5, 0.6) is 0 Å². The topological polar surface area (TPSA) is 42.2 Å². The summed E-state index contributed by atoms with van der Waals surface area (Å²) in [7, 11) is 0. The van der Waals surface area contributed by atoms with Gasteiger partial charge in [0, 0.05) is 12.6 Å². The second-order valence-electron chi connectivity index (χ2n) is 6.15. The minimum atomic E-state index is 0.665. The molecule has 4 nitrogen and oxygen atoms in total. The zero-order valence-corrected chi connectivity index (χ0v) is 14.9. The molecule has 0 aliphatic heterocycles. The van der Waals surface area contributed by atoms with Crippen LogP contribution in [0.15, 0.2) is 108 Å². The largest absolute Gasteiger partial charge is 0.278 e. The van der Waals surface area contributed by atoms with Crippen LogP contribution in [0.25, 0.3) is 5.69 Å². The standard InChI is InChI=1S/C23H20N4/c1-4-10-19(11-5-1)23(26-25-20-12-6-2-7-13-20)18-22-16-17-24-27(22)21-14-8-3-9-15-21/h1-17,25H,18H2. The highest BCUT2D eigenvalue weighted by atomic mass is 15.3. The van der Waals surface area contributed by atoms with Gasteiger partial charge in [-0.2, -0.15) is 10.2 Å². The van der Waals surface area contributed by atoms with Gasteiger partial charge in [0.1, 0.15) is 0 Å². The van der Waals surface area contributed by atoms with Crippen LogP contribution in [0.2, 0.25) is 0 Å². The molecule has 4 aromatic rings. The SMILES string of the molecule is c1ccc(NN=C(Cc2ccnn2-c2ccccc2)c2ccccc2)cc1. The summed E-state index contributed by atoms with van der Waals surface area (Å²) in [6, 6.07) is 32.4. The molecule has 27 heavy (non-hydrogen) atoms. The fourth-order valence-electron chi connectivity index (χ4n) is 2.92. The van der Waals surface area contributed by atoms with E-state index in [1.54, 1.807) is 0 Å². The third-order valence-electron chi connectivity index (χ3n) is 4.27. The number of rotatable bonds is 6. The first-order chi connectivity index (χ1) is 13.4. The average molecular weight is 352 g/mol. The lowest BCUT2D eigenvalue weighted by Gasteiger charge is -2.11. The van der Waals surface area contributed by atoms with E-state index in [1.807, 2.05) is 83.7 Å². The molecular weight excluding hydrogens is 332 g/mol. The summed E-state index contributed by atoms with van der Waals surface area (Å²) in [6.07, 6.45) is 2.49. The van der Waals surface area contributed by atoms with Gasteiger partial charge in [0.15, 0.2) is 0 Å². The third kappa shape index (κ3) is 4.12. The predicted octanol–water partition coefficient (Wildman–Crippen LogP) is 4.93. The van der Waals surface area contributed by atoms with Crippen molar-refractivity contribution in [1.29, 1.82) is 0 Å². The van der Waals surface area contributed by atoms with Gasteiger partial charge in [0.2, 0.25) is 0 Å². The van der Waals surface area contributed by atoms with Gasteiger partial charge in [-0.25, -0.2) is 4.68 Å². The molecule has 3 aromatic carbocycles. The van der Waals surface area contributed by atoms with E-state index in [2.05, 4.69) is 34.8 Å². The highest BCUT2D eigenvalue weighted by molar-refractivity contribution is 6.02. The van der Waals surface area contributed by atoms with Crippen LogP contribution in [-0.4, -0.2) is 15.5 Å². The fourth-order valence-corrected chi connectivity index (χ4v) is 2.92. The third-order valence-corrected chi connectivity index (χ3v) is 4.27. The van der Waals surface area contributed by atoms with Crippen molar-refractivity contribution >= 4 is 11.4 Å². The number of nitrogens with zero attached hydrogens (tertiary/aromatic N) is 3. The van der Waals surface area contributed by atoms with Crippen LogP contribution in [0.1, 0.15) is 11.3 Å². The van der Waals surface area contributed by atoms with Crippen molar-refractivity contribution < 1.29 is 0 Å². The van der Waals surface area contributed by atoms with E-state index in [-0.39, 0.29) is 0 Å². The maximum absolute atomic E-state index is 4.70. The fraction of sp³-hybridized carbons (Fsp3) is 0.0435. The van der Waals surface area contributed by atoms with Crippen LogP contribution < -0.4 is 5.43 Å². The normalized spacial score (nSPS) is 11.3. The Morgan fingerprint density at radius 3 is 2.11 bits per heavy atom. The second kappa shape index (κ2) is 8.15. The van der Waals surface area contributed by atoms with Crippen molar-refractivity contribution in [3.8, 4) is 5.69 Å². The number of hydrazone groups is 1. The first-order valence-electron chi connectivity index (χ1n) is 8.91. The number of para-hydroxylation sites is 2. The lowest BCUT2D eigenvalue weighted by Crippen LogP contribution is -2.12. The molecular formula is C23H20N4. The molecule has 0 saturated carbocycles. The van der Waals surface area contributed by atoms with Crippen LogP contribution in [0.4, 0.5) is 5.69 Å². The Kier molecular flexibility index (Phi) is 5.07. The van der Waals surface area contributed by atoms with Gasteiger partial charge in [0.05, 0.1) is 22.8 Å². The Bertz CT molecular complexity index is 1010. The van der Waals surface area contributed by atoms with Gasteiger partial charge in [-0.15, -0.1) is 0 Å². The lowest BCUT2D eigenvalue weighted by atomic mass is 10.1. The van der Waals surface area contributed by atoms with Crippen molar-refractivity contribution in [3.63, 3.8) is 0 Å². The van der Waals surface area contributed by atoms with Crippen LogP contribution in [0.3, 0.4) is 0 Å². The number of aromatic nitrogens is 2. The number of nitrogens with one attached hydrogen (secondary N) is 1. The Balaban J connectivity index is 1.66. The van der Waals surface area contributed by atoms with Crippen molar-refractivity contribution in [2.75, 3.05) is 5.43 Å². The van der Waals surface area contributed by atoms with Crippen LogP contribution in [0, 0.1) is 0 Å². The zero-order valence-electron chi connectivity index (χ0n) is 14.9. The lowest BCUT2D eigenvalue weighted by molar-refractivity contribution is 0.835. The quantitative estimate of drug-likeness (QED) is 0.395. The molecule has 4 heteroatoms. The predicted molar refractivity (Wildman–Crippen MR) is 110 cm³/mol. The number of hydrogen-bond acceptors (Lipinski definition) is 3. The molecule has 0 spiro atoms. The van der Waals surface area contributed by atoms with E-state index in [4.69, 9.17) is 5.10 Å². The number of benzene rings is 3. The maximum atomic E-state index is 4.70. The Labute approximate surface area is 158 Å². The van der Waals surface area contributed by atoms with Crippen LogP contribution >= 0.6 is 0 Å². The summed E-state index contributed by atoms with van der Waals surface area (Å²) >= 11 is 0. The van der Waals surface area contributed by atoms with Gasteiger partial charge >= 0.3 is 0 Å². The molecule has 0 bridgehead atoms. The zero-order chi connectivity index (χ0) is 18.3. The van der Waals surface area contributed by atoms with Crippen molar-refractivity contribution in [1.82, 2.24) is 9.78 Å². The minimum absolute atomic E-state index is 0.665. The van der Waals surface area contributed by atoms with E-state index in [9.17, 15) is 0 Å². The summed E-state index contributed by atoms with van der Waals surface area (Å²) in [5.74, 6) is 0. The van der Waals surface area contributed by atoms with Gasteiger partial charge < -0.3 is 0 Å². The molecule has 132 valence electrons. The molecule has 0 unspecified atom stereocenters. The molecule has 1 heterocycles. The first kappa shape index (κ1) is 16.8. The Hall–Kier alpha value is -3.66. The van der Waals surface area contributed by atoms with E-state index in [0.29, 0.717) is 6.42 Å². The first-order valence-corrected chi connectivity index (χ1v) is 8.91. The van der Waals surface area contributed by atoms with E-state index in [0.717, 1.165) is 28.3 Å². The average Bonchev–Trinajstić information content (AvgIpc) is 3.21. The monoisotopic (exact) mass is 352 g/mol. The van der Waals surface area contributed by atoms with Gasteiger partial charge in [-0.05, 0) is 35.9 Å². The van der Waals surface area contributed by atoms with E-state index < -0.39 is 0 Å². The summed E-state index contributed by atoms with van der Waals surface area (Å²) < 4.78 is 1.96. The molecule has 0 atom stereocenters. The molecule has 0 aliphatic rings. The molecule has 0 amide bonds. The highest BCUT2D eigenvalue weighted by Crippen LogP contribution is 2.14. The molecule has 1 N–H and O–H groups in total. The summed E-state index contributed by atoms with van der Waals surface area (Å²) in [5, 5.41) is 9.19. The molecule has 0 radical (unpaired) electrons. The summed E-state index contributed by atoms with van der Waals surface area (Å²) in [6.45, 7) is 0. The second-order valence-corrected chi connectivity index (χ2v) is 6.15. The van der Waals surface area contributed by atoms with E-state index >= 15 is 0 Å². The number of hydrogen-bond donors (Lipinski definition) is 1.